The van der Waals surface area contributed by atoms with E-state index in [0.29, 0.717) is 12.4 Å². The van der Waals surface area contributed by atoms with Crippen LogP contribution >= 0.6 is 11.3 Å². The molecule has 3 aromatic rings. The Morgan fingerprint density at radius 1 is 1.21 bits per heavy atom. The SMILES string of the molecule is Cc1cc2n(n1)CCCN2C(=O)CCC(=O)Nc1ccc(-c2csc(C)n2)cn1. The first-order valence-electron chi connectivity index (χ1n) is 9.53. The average molecular weight is 411 g/mol. The van der Waals surface area contributed by atoms with Crippen LogP contribution in [0.4, 0.5) is 11.6 Å². The van der Waals surface area contributed by atoms with Crippen LogP contribution in [0.5, 0.6) is 0 Å². The van der Waals surface area contributed by atoms with E-state index in [1.54, 1.807) is 28.5 Å². The Bertz CT molecular complexity index is 1040. The van der Waals surface area contributed by atoms with Crippen molar-refractivity contribution < 1.29 is 9.59 Å². The number of carbonyl (C=O) groups excluding carboxylic acids is 2. The minimum absolute atomic E-state index is 0.0665. The summed E-state index contributed by atoms with van der Waals surface area (Å²) in [5, 5.41) is 10.1. The lowest BCUT2D eigenvalue weighted by atomic mass is 10.2. The van der Waals surface area contributed by atoms with Gasteiger partial charge in [0, 0.05) is 49.1 Å². The van der Waals surface area contributed by atoms with Crippen molar-refractivity contribution >= 4 is 34.8 Å². The molecule has 0 saturated heterocycles. The third-order valence-electron chi connectivity index (χ3n) is 4.72. The summed E-state index contributed by atoms with van der Waals surface area (Å²) in [6.07, 6.45) is 2.80. The van der Waals surface area contributed by atoms with Gasteiger partial charge < -0.3 is 5.32 Å². The number of hydrogen-bond acceptors (Lipinski definition) is 6. The van der Waals surface area contributed by atoms with Crippen LogP contribution in [-0.2, 0) is 16.1 Å². The maximum absolute atomic E-state index is 12.6. The highest BCUT2D eigenvalue weighted by Crippen LogP contribution is 2.23. The van der Waals surface area contributed by atoms with E-state index in [4.69, 9.17) is 0 Å². The lowest BCUT2D eigenvalue weighted by Crippen LogP contribution is -2.37. The van der Waals surface area contributed by atoms with E-state index < -0.39 is 0 Å². The van der Waals surface area contributed by atoms with Gasteiger partial charge in [0.25, 0.3) is 0 Å². The van der Waals surface area contributed by atoms with Crippen molar-refractivity contribution in [2.45, 2.75) is 39.7 Å². The van der Waals surface area contributed by atoms with Gasteiger partial charge in [-0.1, -0.05) is 0 Å². The molecule has 150 valence electrons. The predicted octanol–water partition coefficient (Wildman–Crippen LogP) is 3.17. The first-order chi connectivity index (χ1) is 14.0. The van der Waals surface area contributed by atoms with Gasteiger partial charge in [-0.05, 0) is 32.4 Å². The highest BCUT2D eigenvalue weighted by atomic mass is 32.1. The molecule has 0 aliphatic carbocycles. The molecule has 0 spiro atoms. The van der Waals surface area contributed by atoms with Crippen LogP contribution in [0, 0.1) is 13.8 Å². The number of aryl methyl sites for hydroxylation is 3. The number of anilines is 2. The molecule has 4 rings (SSSR count). The van der Waals surface area contributed by atoms with Gasteiger partial charge in [-0.15, -0.1) is 11.3 Å². The number of nitrogens with zero attached hydrogens (tertiary/aromatic N) is 5. The molecule has 0 bridgehead atoms. The van der Waals surface area contributed by atoms with E-state index in [2.05, 4.69) is 20.4 Å². The fourth-order valence-electron chi connectivity index (χ4n) is 3.34. The standard InChI is InChI=1S/C20H22N6O2S/c1-13-10-19-25(8-3-9-26(19)24-13)20(28)7-6-18(27)23-17-5-4-15(11-21-17)16-12-29-14(2)22-16/h4-5,10-12H,3,6-9H2,1-2H3,(H,21,23,27). The topological polar surface area (TPSA) is 93.0 Å². The summed E-state index contributed by atoms with van der Waals surface area (Å²) in [6.45, 7) is 5.34. The fraction of sp³-hybridized carbons (Fsp3) is 0.350. The quantitative estimate of drug-likeness (QED) is 0.697. The van der Waals surface area contributed by atoms with Crippen LogP contribution < -0.4 is 10.2 Å². The lowest BCUT2D eigenvalue weighted by Gasteiger charge is -2.27. The number of thiazole rings is 1. The number of amides is 2. The maximum atomic E-state index is 12.6. The Balaban J connectivity index is 1.32. The van der Waals surface area contributed by atoms with Crippen molar-refractivity contribution in [3.8, 4) is 11.3 Å². The van der Waals surface area contributed by atoms with Gasteiger partial charge in [0.05, 0.1) is 16.4 Å². The van der Waals surface area contributed by atoms with Gasteiger partial charge in [-0.25, -0.2) is 14.6 Å². The van der Waals surface area contributed by atoms with Crippen molar-refractivity contribution in [2.75, 3.05) is 16.8 Å². The van der Waals surface area contributed by atoms with Gasteiger partial charge in [0.1, 0.15) is 11.6 Å². The number of hydrogen-bond donors (Lipinski definition) is 1. The highest BCUT2D eigenvalue weighted by Gasteiger charge is 2.24. The minimum atomic E-state index is -0.232. The Kier molecular flexibility index (Phi) is 5.39. The van der Waals surface area contributed by atoms with Gasteiger partial charge in [-0.2, -0.15) is 5.10 Å². The molecule has 2 amide bonds. The molecule has 0 saturated carbocycles. The maximum Gasteiger partial charge on any atom is 0.228 e. The molecule has 29 heavy (non-hydrogen) atoms. The van der Waals surface area contributed by atoms with Crippen molar-refractivity contribution in [1.82, 2.24) is 19.7 Å². The number of aromatic nitrogens is 4. The highest BCUT2D eigenvalue weighted by molar-refractivity contribution is 7.09. The summed E-state index contributed by atoms with van der Waals surface area (Å²) in [5.74, 6) is 0.978. The van der Waals surface area contributed by atoms with E-state index in [0.717, 1.165) is 40.7 Å². The largest absolute Gasteiger partial charge is 0.311 e. The molecular weight excluding hydrogens is 388 g/mol. The smallest absolute Gasteiger partial charge is 0.228 e. The lowest BCUT2D eigenvalue weighted by molar-refractivity contribution is -0.122. The fourth-order valence-corrected chi connectivity index (χ4v) is 3.96. The summed E-state index contributed by atoms with van der Waals surface area (Å²) in [4.78, 5) is 35.3. The Hall–Kier alpha value is -3.07. The molecule has 0 fully saturated rings. The summed E-state index contributed by atoms with van der Waals surface area (Å²) in [7, 11) is 0. The van der Waals surface area contributed by atoms with Gasteiger partial charge in [-0.3, -0.25) is 14.5 Å². The van der Waals surface area contributed by atoms with Crippen LogP contribution in [0.2, 0.25) is 0 Å². The molecule has 0 radical (unpaired) electrons. The van der Waals surface area contributed by atoms with E-state index in [9.17, 15) is 9.59 Å². The van der Waals surface area contributed by atoms with Gasteiger partial charge in [0.15, 0.2) is 0 Å². The van der Waals surface area contributed by atoms with Crippen LogP contribution in [0.1, 0.15) is 30.0 Å². The van der Waals surface area contributed by atoms with Crippen LogP contribution in [0.15, 0.2) is 29.8 Å². The summed E-state index contributed by atoms with van der Waals surface area (Å²) < 4.78 is 1.85. The Labute approximate surface area is 172 Å². The van der Waals surface area contributed by atoms with E-state index in [-0.39, 0.29) is 24.7 Å². The van der Waals surface area contributed by atoms with Crippen LogP contribution in [-0.4, -0.2) is 38.1 Å². The number of carbonyl (C=O) groups is 2. The molecule has 1 aliphatic heterocycles. The summed E-state index contributed by atoms with van der Waals surface area (Å²) >= 11 is 1.58. The van der Waals surface area contributed by atoms with Gasteiger partial charge >= 0.3 is 0 Å². The summed E-state index contributed by atoms with van der Waals surface area (Å²) in [6, 6.07) is 5.53. The van der Waals surface area contributed by atoms with Crippen LogP contribution in [0.25, 0.3) is 11.3 Å². The second kappa shape index (κ2) is 8.12. The molecular formula is C20H22N6O2S. The molecule has 4 heterocycles. The average Bonchev–Trinajstić information content (AvgIpc) is 3.31. The van der Waals surface area contributed by atoms with Crippen molar-refractivity contribution in [2.24, 2.45) is 0 Å². The molecule has 0 aromatic carbocycles. The van der Waals surface area contributed by atoms with Crippen molar-refractivity contribution in [1.29, 1.82) is 0 Å². The molecule has 1 aliphatic rings. The van der Waals surface area contributed by atoms with Gasteiger partial charge in [0.2, 0.25) is 11.8 Å². The zero-order valence-electron chi connectivity index (χ0n) is 16.4. The second-order valence-electron chi connectivity index (χ2n) is 7.00. The van der Waals surface area contributed by atoms with Crippen LogP contribution in [0.3, 0.4) is 0 Å². The number of rotatable bonds is 5. The summed E-state index contributed by atoms with van der Waals surface area (Å²) in [5.41, 5.74) is 2.67. The Morgan fingerprint density at radius 2 is 2.07 bits per heavy atom. The first kappa shape index (κ1) is 19.3. The third-order valence-corrected chi connectivity index (χ3v) is 5.50. The minimum Gasteiger partial charge on any atom is -0.311 e. The normalized spacial score (nSPS) is 13.2. The molecule has 1 N–H and O–H groups in total. The number of nitrogens with one attached hydrogen (secondary N) is 1. The molecule has 8 nitrogen and oxygen atoms in total. The zero-order valence-corrected chi connectivity index (χ0v) is 17.2. The third kappa shape index (κ3) is 4.34. The van der Waals surface area contributed by atoms with Crippen molar-refractivity contribution in [3.63, 3.8) is 0 Å². The monoisotopic (exact) mass is 410 g/mol. The molecule has 0 atom stereocenters. The zero-order chi connectivity index (χ0) is 20.4. The molecule has 3 aromatic heterocycles. The van der Waals surface area contributed by atoms with E-state index in [1.807, 2.05) is 36.0 Å². The number of fused-ring (bicyclic) bond motifs is 1. The van der Waals surface area contributed by atoms with Crippen molar-refractivity contribution in [3.05, 3.63) is 40.5 Å². The first-order valence-corrected chi connectivity index (χ1v) is 10.4. The molecule has 9 heteroatoms. The Morgan fingerprint density at radius 3 is 2.79 bits per heavy atom. The number of pyridine rings is 1. The van der Waals surface area contributed by atoms with E-state index in [1.165, 1.54) is 0 Å². The predicted molar refractivity (Wildman–Crippen MR) is 112 cm³/mol. The van der Waals surface area contributed by atoms with E-state index >= 15 is 0 Å². The molecule has 0 unspecified atom stereocenters. The second-order valence-corrected chi connectivity index (χ2v) is 8.06.